The topological polar surface area (TPSA) is 46.2 Å². The lowest BCUT2D eigenvalue weighted by Crippen LogP contribution is -2.29. The van der Waals surface area contributed by atoms with Gasteiger partial charge in [0.25, 0.3) is 0 Å². The van der Waals surface area contributed by atoms with Crippen LogP contribution in [0.5, 0.6) is 0 Å². The predicted octanol–water partition coefficient (Wildman–Crippen LogP) is 4.40. The first-order valence-corrected chi connectivity index (χ1v) is 9.80. The van der Waals surface area contributed by atoms with Crippen LogP contribution in [0.2, 0.25) is 0 Å². The van der Waals surface area contributed by atoms with Crippen LogP contribution in [0.3, 0.4) is 0 Å². The number of hydrogen-bond acceptors (Lipinski definition) is 3. The number of sulfonamides is 1. The maximum Gasteiger partial charge on any atom is 0.244 e. The summed E-state index contributed by atoms with van der Waals surface area (Å²) in [6.07, 6.45) is 0. The van der Waals surface area contributed by atoms with Gasteiger partial charge in [0.1, 0.15) is 16.5 Å². The molecule has 1 heterocycles. The lowest BCUT2D eigenvalue weighted by Gasteiger charge is -2.19. The average molecular weight is 379 g/mol. The minimum atomic E-state index is -4.26. The number of benzene rings is 2. The van der Waals surface area contributed by atoms with Gasteiger partial charge in [0.2, 0.25) is 10.0 Å². The normalized spacial score (nSPS) is 12.9. The number of halogens is 2. The molecule has 3 aromatic rings. The maximum absolute atomic E-state index is 13.9. The summed E-state index contributed by atoms with van der Waals surface area (Å²) in [5, 5.41) is 1.83. The van der Waals surface area contributed by atoms with Gasteiger partial charge in [-0.25, -0.2) is 17.2 Å². The Morgan fingerprint density at radius 3 is 2.40 bits per heavy atom. The van der Waals surface area contributed by atoms with Gasteiger partial charge in [0.05, 0.1) is 6.04 Å². The van der Waals surface area contributed by atoms with E-state index in [2.05, 4.69) is 4.72 Å². The van der Waals surface area contributed by atoms with Crippen molar-refractivity contribution in [3.8, 4) is 0 Å². The van der Waals surface area contributed by atoms with Gasteiger partial charge in [-0.1, -0.05) is 35.9 Å². The summed E-state index contributed by atoms with van der Waals surface area (Å²) >= 11 is 1.38. The Kier molecular flexibility index (Phi) is 4.99. The highest BCUT2D eigenvalue weighted by atomic mass is 32.2. The van der Waals surface area contributed by atoms with E-state index in [1.807, 2.05) is 36.6 Å². The summed E-state index contributed by atoms with van der Waals surface area (Å²) in [6.45, 7) is 1.93. The van der Waals surface area contributed by atoms with E-state index in [0.29, 0.717) is 11.6 Å². The Labute approximate surface area is 149 Å². The predicted molar refractivity (Wildman–Crippen MR) is 94.0 cm³/mol. The van der Waals surface area contributed by atoms with E-state index in [1.54, 1.807) is 12.1 Å². The molecule has 130 valence electrons. The molecule has 0 aliphatic rings. The van der Waals surface area contributed by atoms with Gasteiger partial charge < -0.3 is 0 Å². The van der Waals surface area contributed by atoms with Crippen LogP contribution in [0.4, 0.5) is 8.78 Å². The second-order valence-corrected chi connectivity index (χ2v) is 8.22. The van der Waals surface area contributed by atoms with E-state index in [1.165, 1.54) is 11.3 Å². The van der Waals surface area contributed by atoms with Crippen LogP contribution in [-0.4, -0.2) is 8.42 Å². The molecule has 3 rings (SSSR count). The molecule has 1 aromatic heterocycles. The quantitative estimate of drug-likeness (QED) is 0.714. The third-order valence-corrected chi connectivity index (χ3v) is 6.07. The fraction of sp³-hybridized carbons (Fsp3) is 0.111. The number of aryl methyl sites for hydroxylation is 1. The van der Waals surface area contributed by atoms with Crippen molar-refractivity contribution in [2.24, 2.45) is 0 Å². The molecule has 0 saturated carbocycles. The van der Waals surface area contributed by atoms with E-state index in [9.17, 15) is 17.2 Å². The summed E-state index contributed by atoms with van der Waals surface area (Å²) in [6, 6.07) is 12.6. The second kappa shape index (κ2) is 7.03. The average Bonchev–Trinajstić information content (AvgIpc) is 3.10. The summed E-state index contributed by atoms with van der Waals surface area (Å²) in [5.41, 5.74) is 1.75. The molecule has 2 aromatic carbocycles. The van der Waals surface area contributed by atoms with Crippen LogP contribution in [0.1, 0.15) is 22.0 Å². The minimum Gasteiger partial charge on any atom is -0.207 e. The third kappa shape index (κ3) is 3.95. The highest BCUT2D eigenvalue weighted by Crippen LogP contribution is 2.29. The molecule has 0 aliphatic carbocycles. The van der Waals surface area contributed by atoms with E-state index < -0.39 is 32.6 Å². The van der Waals surface area contributed by atoms with Crippen molar-refractivity contribution in [2.75, 3.05) is 0 Å². The zero-order chi connectivity index (χ0) is 18.0. The number of nitrogens with one attached hydrogen (secondary N) is 1. The first-order valence-electron chi connectivity index (χ1n) is 7.44. The smallest absolute Gasteiger partial charge is 0.207 e. The van der Waals surface area contributed by atoms with Crippen molar-refractivity contribution in [3.63, 3.8) is 0 Å². The van der Waals surface area contributed by atoms with Crippen LogP contribution in [-0.2, 0) is 10.0 Å². The van der Waals surface area contributed by atoms with Gasteiger partial charge in [-0.15, -0.1) is 11.3 Å². The summed E-state index contributed by atoms with van der Waals surface area (Å²) in [7, 11) is -4.26. The van der Waals surface area contributed by atoms with Gasteiger partial charge >= 0.3 is 0 Å². The number of hydrogen-bond donors (Lipinski definition) is 1. The van der Waals surface area contributed by atoms with E-state index in [4.69, 9.17) is 0 Å². The second-order valence-electron chi connectivity index (χ2n) is 5.56. The molecule has 0 aliphatic heterocycles. The highest BCUT2D eigenvalue weighted by molar-refractivity contribution is 7.89. The lowest BCUT2D eigenvalue weighted by molar-refractivity contribution is 0.541. The molecule has 25 heavy (non-hydrogen) atoms. The molecular weight excluding hydrogens is 364 g/mol. The minimum absolute atomic E-state index is 0.679. The molecule has 0 radical (unpaired) electrons. The number of rotatable bonds is 5. The molecule has 1 N–H and O–H groups in total. The first kappa shape index (κ1) is 17.7. The zero-order valence-corrected chi connectivity index (χ0v) is 14.9. The largest absolute Gasteiger partial charge is 0.244 e. The fourth-order valence-corrected chi connectivity index (χ4v) is 4.58. The van der Waals surface area contributed by atoms with Crippen molar-refractivity contribution >= 4 is 21.4 Å². The Hall–Kier alpha value is -2.09. The highest BCUT2D eigenvalue weighted by Gasteiger charge is 2.26. The van der Waals surface area contributed by atoms with Crippen molar-refractivity contribution in [1.29, 1.82) is 0 Å². The molecule has 1 atom stereocenters. The molecule has 3 nitrogen and oxygen atoms in total. The molecule has 0 unspecified atom stereocenters. The van der Waals surface area contributed by atoms with Crippen LogP contribution in [0.15, 0.2) is 64.9 Å². The standard InChI is InChI=1S/C18H15F2NO2S2/c1-12-4-6-13(7-5-12)18(16-3-2-10-24-16)21-25(22,23)17-11-14(19)8-9-15(17)20/h2-11,18,21H,1H3/t18-/m1/s1. The van der Waals surface area contributed by atoms with Crippen molar-refractivity contribution < 1.29 is 17.2 Å². The van der Waals surface area contributed by atoms with E-state index in [-0.39, 0.29) is 0 Å². The molecule has 0 fully saturated rings. The Morgan fingerprint density at radius 1 is 1.04 bits per heavy atom. The maximum atomic E-state index is 13.9. The Morgan fingerprint density at radius 2 is 1.76 bits per heavy atom. The van der Waals surface area contributed by atoms with Crippen LogP contribution < -0.4 is 4.72 Å². The Balaban J connectivity index is 2.03. The van der Waals surface area contributed by atoms with E-state index >= 15 is 0 Å². The summed E-state index contributed by atoms with van der Waals surface area (Å²) < 4.78 is 55.1. The fourth-order valence-electron chi connectivity index (χ4n) is 2.41. The molecule has 7 heteroatoms. The van der Waals surface area contributed by atoms with E-state index in [0.717, 1.165) is 22.6 Å². The van der Waals surface area contributed by atoms with Gasteiger partial charge in [-0.05, 0) is 42.1 Å². The Bertz CT molecular complexity index is 969. The zero-order valence-electron chi connectivity index (χ0n) is 13.2. The number of thiophene rings is 1. The van der Waals surface area contributed by atoms with Crippen LogP contribution in [0.25, 0.3) is 0 Å². The SMILES string of the molecule is Cc1ccc([C@@H](NS(=O)(=O)c2cc(F)ccc2F)c2cccs2)cc1. The summed E-state index contributed by atoms with van der Waals surface area (Å²) in [5.74, 6) is -1.81. The first-order chi connectivity index (χ1) is 11.9. The molecule has 0 saturated heterocycles. The van der Waals surface area contributed by atoms with Gasteiger partial charge in [-0.3, -0.25) is 0 Å². The van der Waals surface area contributed by atoms with Crippen molar-refractivity contribution in [1.82, 2.24) is 4.72 Å². The lowest BCUT2D eigenvalue weighted by atomic mass is 10.0. The summed E-state index contributed by atoms with van der Waals surface area (Å²) in [4.78, 5) is 0.0467. The van der Waals surface area contributed by atoms with Crippen molar-refractivity contribution in [3.05, 3.63) is 87.6 Å². The van der Waals surface area contributed by atoms with Gasteiger partial charge in [-0.2, -0.15) is 4.72 Å². The molecule has 0 amide bonds. The van der Waals surface area contributed by atoms with Crippen molar-refractivity contribution in [2.45, 2.75) is 17.9 Å². The van der Waals surface area contributed by atoms with Crippen LogP contribution in [0, 0.1) is 18.6 Å². The van der Waals surface area contributed by atoms with Gasteiger partial charge in [0, 0.05) is 4.88 Å². The van der Waals surface area contributed by atoms with Crippen LogP contribution >= 0.6 is 11.3 Å². The molecular formula is C18H15F2NO2S2. The van der Waals surface area contributed by atoms with Gasteiger partial charge in [0.15, 0.2) is 0 Å². The monoisotopic (exact) mass is 379 g/mol. The third-order valence-electron chi connectivity index (χ3n) is 3.69. The molecule has 0 spiro atoms. The molecule has 0 bridgehead atoms.